The number of halogens is 3. The number of hydrogen-bond donors (Lipinski definition) is 1. The molecule has 2 amide bonds. The highest BCUT2D eigenvalue weighted by molar-refractivity contribution is 5.96. The first-order valence-corrected chi connectivity index (χ1v) is 6.11. The summed E-state index contributed by atoms with van der Waals surface area (Å²) in [7, 11) is 0. The van der Waals surface area contributed by atoms with Gasteiger partial charge in [0.05, 0.1) is 12.1 Å². The van der Waals surface area contributed by atoms with Gasteiger partial charge in [0.25, 0.3) is 5.91 Å². The summed E-state index contributed by atoms with van der Waals surface area (Å²) in [5, 5.41) is 2.18. The van der Waals surface area contributed by atoms with Crippen LogP contribution in [0.3, 0.4) is 0 Å². The molecule has 0 heterocycles. The van der Waals surface area contributed by atoms with Gasteiger partial charge in [0, 0.05) is 13.1 Å². The third kappa shape index (κ3) is 3.49. The summed E-state index contributed by atoms with van der Waals surface area (Å²) in [6, 6.07) is 1.48. The van der Waals surface area contributed by atoms with Crippen molar-refractivity contribution in [1.82, 2.24) is 10.2 Å². The molecule has 0 aliphatic rings. The lowest BCUT2D eigenvalue weighted by atomic mass is 10.2. The standard InChI is InChI=1S/C13H15F3N2O2/c1-3-18(4-2)10(19)7-17-13(20)8-5-6-9(14)12(16)11(8)15/h5-6H,3-4,7H2,1-2H3,(H,17,20). The molecule has 4 nitrogen and oxygen atoms in total. The topological polar surface area (TPSA) is 49.4 Å². The molecule has 0 aliphatic heterocycles. The van der Waals surface area contributed by atoms with Gasteiger partial charge < -0.3 is 10.2 Å². The van der Waals surface area contributed by atoms with Crippen molar-refractivity contribution >= 4 is 11.8 Å². The zero-order chi connectivity index (χ0) is 15.3. The van der Waals surface area contributed by atoms with E-state index in [1.54, 1.807) is 13.8 Å². The first kappa shape index (κ1) is 16.0. The maximum absolute atomic E-state index is 13.4. The average molecular weight is 288 g/mol. The van der Waals surface area contributed by atoms with Crippen molar-refractivity contribution in [1.29, 1.82) is 0 Å². The predicted molar refractivity (Wildman–Crippen MR) is 66.6 cm³/mol. The maximum atomic E-state index is 13.4. The summed E-state index contributed by atoms with van der Waals surface area (Å²) in [5.41, 5.74) is -0.642. The molecular weight excluding hydrogens is 273 g/mol. The van der Waals surface area contributed by atoms with Crippen LogP contribution in [0.1, 0.15) is 24.2 Å². The highest BCUT2D eigenvalue weighted by Crippen LogP contribution is 2.14. The number of nitrogens with one attached hydrogen (secondary N) is 1. The third-order valence-electron chi connectivity index (χ3n) is 2.80. The Balaban J connectivity index is 2.73. The van der Waals surface area contributed by atoms with Gasteiger partial charge in [-0.2, -0.15) is 0 Å². The van der Waals surface area contributed by atoms with E-state index in [-0.39, 0.29) is 12.5 Å². The van der Waals surface area contributed by atoms with Crippen LogP contribution in [-0.2, 0) is 4.79 Å². The molecule has 20 heavy (non-hydrogen) atoms. The van der Waals surface area contributed by atoms with Gasteiger partial charge >= 0.3 is 0 Å². The molecule has 0 aliphatic carbocycles. The lowest BCUT2D eigenvalue weighted by Gasteiger charge is -2.18. The Labute approximate surface area is 114 Å². The minimum absolute atomic E-state index is 0.334. The van der Waals surface area contributed by atoms with Crippen molar-refractivity contribution < 1.29 is 22.8 Å². The number of rotatable bonds is 5. The van der Waals surface area contributed by atoms with E-state index in [9.17, 15) is 22.8 Å². The fourth-order valence-corrected chi connectivity index (χ4v) is 1.64. The fourth-order valence-electron chi connectivity index (χ4n) is 1.64. The Morgan fingerprint density at radius 3 is 2.25 bits per heavy atom. The summed E-state index contributed by atoms with van der Waals surface area (Å²) >= 11 is 0. The molecule has 110 valence electrons. The number of nitrogens with zero attached hydrogens (tertiary/aromatic N) is 1. The molecule has 1 aromatic carbocycles. The molecule has 0 radical (unpaired) electrons. The number of benzene rings is 1. The van der Waals surface area contributed by atoms with Crippen LogP contribution < -0.4 is 5.32 Å². The SMILES string of the molecule is CCN(CC)C(=O)CNC(=O)c1ccc(F)c(F)c1F. The van der Waals surface area contributed by atoms with E-state index in [2.05, 4.69) is 5.32 Å². The van der Waals surface area contributed by atoms with Crippen molar-refractivity contribution in [3.8, 4) is 0 Å². The summed E-state index contributed by atoms with van der Waals surface area (Å²) in [6.07, 6.45) is 0. The first-order chi connectivity index (χ1) is 9.42. The fraction of sp³-hybridized carbons (Fsp3) is 0.385. The van der Waals surface area contributed by atoms with Gasteiger partial charge in [-0.1, -0.05) is 0 Å². The summed E-state index contributed by atoms with van der Waals surface area (Å²) in [5.74, 6) is -5.97. The molecule has 1 aromatic rings. The van der Waals surface area contributed by atoms with Gasteiger partial charge in [-0.3, -0.25) is 9.59 Å². The minimum atomic E-state index is -1.72. The first-order valence-electron chi connectivity index (χ1n) is 6.11. The number of hydrogen-bond acceptors (Lipinski definition) is 2. The van der Waals surface area contributed by atoms with Crippen molar-refractivity contribution in [2.45, 2.75) is 13.8 Å². The van der Waals surface area contributed by atoms with Crippen LogP contribution in [0.15, 0.2) is 12.1 Å². The smallest absolute Gasteiger partial charge is 0.254 e. The molecule has 0 spiro atoms. The van der Waals surface area contributed by atoms with Crippen LogP contribution in [0, 0.1) is 17.5 Å². The number of carbonyl (C=O) groups excluding carboxylic acids is 2. The second-order valence-electron chi connectivity index (χ2n) is 3.97. The summed E-state index contributed by atoms with van der Waals surface area (Å²) in [4.78, 5) is 24.7. The van der Waals surface area contributed by atoms with Crippen molar-refractivity contribution in [2.75, 3.05) is 19.6 Å². The van der Waals surface area contributed by atoms with Crippen LogP contribution in [0.2, 0.25) is 0 Å². The van der Waals surface area contributed by atoms with Gasteiger partial charge in [-0.05, 0) is 26.0 Å². The molecule has 1 rings (SSSR count). The maximum Gasteiger partial charge on any atom is 0.254 e. The van der Waals surface area contributed by atoms with Crippen molar-refractivity contribution in [2.24, 2.45) is 0 Å². The van der Waals surface area contributed by atoms with Gasteiger partial charge in [0.1, 0.15) is 0 Å². The third-order valence-corrected chi connectivity index (χ3v) is 2.80. The monoisotopic (exact) mass is 288 g/mol. The molecule has 0 unspecified atom stereocenters. The van der Waals surface area contributed by atoms with Gasteiger partial charge in [-0.25, -0.2) is 13.2 Å². The normalized spacial score (nSPS) is 10.2. The number of likely N-dealkylation sites (N-methyl/N-ethyl adjacent to an activating group) is 1. The van der Waals surface area contributed by atoms with E-state index in [1.165, 1.54) is 4.90 Å². The second-order valence-corrected chi connectivity index (χ2v) is 3.97. The quantitative estimate of drug-likeness (QED) is 0.838. The largest absolute Gasteiger partial charge is 0.343 e. The van der Waals surface area contributed by atoms with E-state index in [0.29, 0.717) is 19.2 Å². The molecule has 0 atom stereocenters. The Morgan fingerprint density at radius 2 is 1.70 bits per heavy atom. The van der Waals surface area contributed by atoms with Crippen LogP contribution in [0.25, 0.3) is 0 Å². The highest BCUT2D eigenvalue weighted by atomic mass is 19.2. The number of amides is 2. The number of carbonyl (C=O) groups is 2. The zero-order valence-electron chi connectivity index (χ0n) is 11.2. The minimum Gasteiger partial charge on any atom is -0.343 e. The Bertz CT molecular complexity index is 517. The van der Waals surface area contributed by atoms with E-state index in [4.69, 9.17) is 0 Å². The highest BCUT2D eigenvalue weighted by Gasteiger charge is 2.19. The van der Waals surface area contributed by atoms with Gasteiger partial charge in [-0.15, -0.1) is 0 Å². The predicted octanol–water partition coefficient (Wildman–Crippen LogP) is 1.70. The summed E-state index contributed by atoms with van der Waals surface area (Å²) in [6.45, 7) is 4.17. The van der Waals surface area contributed by atoms with Crippen LogP contribution in [0.5, 0.6) is 0 Å². The van der Waals surface area contributed by atoms with Crippen LogP contribution >= 0.6 is 0 Å². The van der Waals surface area contributed by atoms with Crippen molar-refractivity contribution in [3.05, 3.63) is 35.1 Å². The van der Waals surface area contributed by atoms with E-state index >= 15 is 0 Å². The molecule has 0 aromatic heterocycles. The Hall–Kier alpha value is -2.05. The zero-order valence-corrected chi connectivity index (χ0v) is 11.2. The van der Waals surface area contributed by atoms with E-state index in [1.807, 2.05) is 0 Å². The Kier molecular flexibility index (Phi) is 5.54. The second kappa shape index (κ2) is 6.93. The average Bonchev–Trinajstić information content (AvgIpc) is 2.43. The van der Waals surface area contributed by atoms with Crippen molar-refractivity contribution in [3.63, 3.8) is 0 Å². The summed E-state index contributed by atoms with van der Waals surface area (Å²) < 4.78 is 39.1. The molecule has 0 saturated carbocycles. The lowest BCUT2D eigenvalue weighted by Crippen LogP contribution is -2.40. The Morgan fingerprint density at radius 1 is 1.10 bits per heavy atom. The van der Waals surface area contributed by atoms with E-state index in [0.717, 1.165) is 6.07 Å². The van der Waals surface area contributed by atoms with Crippen LogP contribution in [-0.4, -0.2) is 36.3 Å². The molecule has 0 fully saturated rings. The van der Waals surface area contributed by atoms with Gasteiger partial charge in [0.15, 0.2) is 17.5 Å². The lowest BCUT2D eigenvalue weighted by molar-refractivity contribution is -0.129. The molecule has 0 saturated heterocycles. The molecule has 7 heteroatoms. The van der Waals surface area contributed by atoms with Crippen LogP contribution in [0.4, 0.5) is 13.2 Å². The molecule has 1 N–H and O–H groups in total. The van der Waals surface area contributed by atoms with Gasteiger partial charge in [0.2, 0.25) is 5.91 Å². The molecule has 0 bridgehead atoms. The van der Waals surface area contributed by atoms with E-state index < -0.39 is 28.9 Å². The molecular formula is C13H15F3N2O2.